The van der Waals surface area contributed by atoms with Gasteiger partial charge in [0.15, 0.2) is 0 Å². The molecule has 0 unspecified atom stereocenters. The van der Waals surface area contributed by atoms with Crippen LogP contribution in [0.3, 0.4) is 0 Å². The van der Waals surface area contributed by atoms with Gasteiger partial charge in [-0.15, -0.1) is 0 Å². The van der Waals surface area contributed by atoms with Crippen molar-refractivity contribution in [3.63, 3.8) is 0 Å². The molecule has 0 aliphatic heterocycles. The number of methoxy groups -OCH3 is 1. The molecular formula is C29H32O. The van der Waals surface area contributed by atoms with Gasteiger partial charge in [-0.3, -0.25) is 0 Å². The molecule has 0 N–H and O–H groups in total. The predicted molar refractivity (Wildman–Crippen MR) is 128 cm³/mol. The summed E-state index contributed by atoms with van der Waals surface area (Å²) in [4.78, 5) is 0. The summed E-state index contributed by atoms with van der Waals surface area (Å²) in [5.41, 5.74) is 7.99. The molecule has 0 heterocycles. The highest BCUT2D eigenvalue weighted by atomic mass is 16.5. The largest absolute Gasteiger partial charge is 0.380 e. The van der Waals surface area contributed by atoms with E-state index in [1.165, 1.54) is 59.1 Å². The van der Waals surface area contributed by atoms with E-state index in [-0.39, 0.29) is 0 Å². The highest BCUT2D eigenvalue weighted by molar-refractivity contribution is 5.73. The molecule has 0 radical (unpaired) electrons. The van der Waals surface area contributed by atoms with Crippen LogP contribution in [0.1, 0.15) is 49.7 Å². The van der Waals surface area contributed by atoms with Crippen LogP contribution in [-0.2, 0) is 11.3 Å². The average Bonchev–Trinajstić information content (AvgIpc) is 2.81. The molecule has 30 heavy (non-hydrogen) atoms. The Labute approximate surface area is 181 Å². The standard InChI is InChI=1S/C29H32O/c1-3-7-22-10-13-27(14-11-22)29-20-23(21-30-2)12-19-28(29)26-17-15-25(16-18-26)24-8-5-4-6-9-24/h3-9,12,15-20,22,27H,10-11,13-14,21H2,1-2H3/b7-3+. The first kappa shape index (κ1) is 20.6. The van der Waals surface area contributed by atoms with Crippen molar-refractivity contribution in [3.8, 4) is 22.3 Å². The fourth-order valence-electron chi connectivity index (χ4n) is 4.84. The van der Waals surface area contributed by atoms with Crippen LogP contribution in [0.5, 0.6) is 0 Å². The first-order valence-electron chi connectivity index (χ1n) is 11.2. The van der Waals surface area contributed by atoms with E-state index in [0.29, 0.717) is 12.5 Å². The molecule has 3 aromatic carbocycles. The minimum absolute atomic E-state index is 0.632. The van der Waals surface area contributed by atoms with Crippen LogP contribution in [-0.4, -0.2) is 7.11 Å². The Bertz CT molecular complexity index is 961. The maximum absolute atomic E-state index is 5.42. The fourth-order valence-corrected chi connectivity index (χ4v) is 4.84. The van der Waals surface area contributed by atoms with Gasteiger partial charge in [-0.1, -0.05) is 84.9 Å². The van der Waals surface area contributed by atoms with E-state index in [1.807, 2.05) is 0 Å². The molecule has 0 spiro atoms. The second-order valence-corrected chi connectivity index (χ2v) is 8.44. The number of ether oxygens (including phenoxy) is 1. The van der Waals surface area contributed by atoms with Crippen molar-refractivity contribution in [3.05, 3.63) is 96.1 Å². The molecule has 1 aliphatic carbocycles. The summed E-state index contributed by atoms with van der Waals surface area (Å²) in [7, 11) is 1.78. The topological polar surface area (TPSA) is 9.23 Å². The lowest BCUT2D eigenvalue weighted by Crippen LogP contribution is -2.13. The molecule has 0 amide bonds. The highest BCUT2D eigenvalue weighted by Crippen LogP contribution is 2.41. The lowest BCUT2D eigenvalue weighted by molar-refractivity contribution is 0.185. The van der Waals surface area contributed by atoms with Crippen molar-refractivity contribution in [1.29, 1.82) is 0 Å². The minimum Gasteiger partial charge on any atom is -0.380 e. The van der Waals surface area contributed by atoms with Crippen LogP contribution in [0.15, 0.2) is 84.9 Å². The Balaban J connectivity index is 1.64. The van der Waals surface area contributed by atoms with Crippen LogP contribution in [0.25, 0.3) is 22.3 Å². The normalized spacial score (nSPS) is 19.3. The quantitative estimate of drug-likeness (QED) is 0.383. The Morgan fingerprint density at radius 1 is 0.800 bits per heavy atom. The van der Waals surface area contributed by atoms with Gasteiger partial charge in [0.05, 0.1) is 6.61 Å². The molecule has 1 nitrogen and oxygen atoms in total. The van der Waals surface area contributed by atoms with Gasteiger partial charge in [0.2, 0.25) is 0 Å². The SMILES string of the molecule is C/C=C/C1CCC(c2cc(COC)ccc2-c2ccc(-c3ccccc3)cc2)CC1. The van der Waals surface area contributed by atoms with E-state index >= 15 is 0 Å². The van der Waals surface area contributed by atoms with E-state index < -0.39 is 0 Å². The Morgan fingerprint density at radius 3 is 2.13 bits per heavy atom. The summed E-state index contributed by atoms with van der Waals surface area (Å²) in [5, 5.41) is 0. The number of hydrogen-bond acceptors (Lipinski definition) is 1. The van der Waals surface area contributed by atoms with Crippen LogP contribution in [0.4, 0.5) is 0 Å². The summed E-state index contributed by atoms with van der Waals surface area (Å²) in [6, 6.07) is 26.6. The van der Waals surface area contributed by atoms with Crippen molar-refractivity contribution < 1.29 is 4.74 Å². The Kier molecular flexibility index (Phi) is 6.81. The third kappa shape index (κ3) is 4.74. The maximum Gasteiger partial charge on any atom is 0.0713 e. The van der Waals surface area contributed by atoms with E-state index in [9.17, 15) is 0 Å². The summed E-state index contributed by atoms with van der Waals surface area (Å²) in [6.07, 6.45) is 9.71. The van der Waals surface area contributed by atoms with Gasteiger partial charge in [0.25, 0.3) is 0 Å². The van der Waals surface area contributed by atoms with E-state index in [4.69, 9.17) is 4.74 Å². The molecule has 4 rings (SSSR count). The van der Waals surface area contributed by atoms with Crippen molar-refractivity contribution in [2.75, 3.05) is 7.11 Å². The lowest BCUT2D eigenvalue weighted by atomic mass is 9.76. The average molecular weight is 397 g/mol. The zero-order valence-electron chi connectivity index (χ0n) is 18.2. The number of allylic oxidation sites excluding steroid dienone is 2. The number of hydrogen-bond donors (Lipinski definition) is 0. The molecular weight excluding hydrogens is 364 g/mol. The molecule has 1 saturated carbocycles. The second-order valence-electron chi connectivity index (χ2n) is 8.44. The number of rotatable bonds is 6. The molecule has 0 bridgehead atoms. The van der Waals surface area contributed by atoms with Gasteiger partial charge in [-0.2, -0.15) is 0 Å². The van der Waals surface area contributed by atoms with Crippen LogP contribution < -0.4 is 0 Å². The van der Waals surface area contributed by atoms with Crippen molar-refractivity contribution in [2.45, 2.75) is 45.1 Å². The Morgan fingerprint density at radius 2 is 1.47 bits per heavy atom. The maximum atomic E-state index is 5.42. The monoisotopic (exact) mass is 396 g/mol. The Hall–Kier alpha value is -2.64. The van der Waals surface area contributed by atoms with E-state index in [1.54, 1.807) is 7.11 Å². The third-order valence-electron chi connectivity index (χ3n) is 6.41. The van der Waals surface area contributed by atoms with E-state index in [2.05, 4.69) is 91.9 Å². The van der Waals surface area contributed by atoms with Gasteiger partial charge in [-0.05, 0) is 77.8 Å². The molecule has 1 fully saturated rings. The smallest absolute Gasteiger partial charge is 0.0713 e. The molecule has 154 valence electrons. The molecule has 0 aromatic heterocycles. The number of benzene rings is 3. The van der Waals surface area contributed by atoms with Gasteiger partial charge in [0.1, 0.15) is 0 Å². The molecule has 0 atom stereocenters. The first-order valence-corrected chi connectivity index (χ1v) is 11.2. The predicted octanol–water partition coefficient (Wildman–Crippen LogP) is 8.02. The van der Waals surface area contributed by atoms with Gasteiger partial charge in [0, 0.05) is 7.11 Å². The van der Waals surface area contributed by atoms with Gasteiger partial charge < -0.3 is 4.74 Å². The molecule has 1 heteroatoms. The van der Waals surface area contributed by atoms with Gasteiger partial charge >= 0.3 is 0 Å². The van der Waals surface area contributed by atoms with Gasteiger partial charge in [-0.25, -0.2) is 0 Å². The van der Waals surface area contributed by atoms with Crippen LogP contribution in [0.2, 0.25) is 0 Å². The van der Waals surface area contributed by atoms with Crippen LogP contribution >= 0.6 is 0 Å². The third-order valence-corrected chi connectivity index (χ3v) is 6.41. The zero-order valence-corrected chi connectivity index (χ0v) is 18.2. The molecule has 0 saturated heterocycles. The summed E-state index contributed by atoms with van der Waals surface area (Å²) < 4.78 is 5.42. The van der Waals surface area contributed by atoms with E-state index in [0.717, 1.165) is 5.92 Å². The first-order chi connectivity index (χ1) is 14.8. The van der Waals surface area contributed by atoms with Crippen molar-refractivity contribution in [2.24, 2.45) is 5.92 Å². The second kappa shape index (κ2) is 9.91. The summed E-state index contributed by atoms with van der Waals surface area (Å²) >= 11 is 0. The lowest BCUT2D eigenvalue weighted by Gasteiger charge is -2.29. The van der Waals surface area contributed by atoms with Crippen LogP contribution in [0, 0.1) is 5.92 Å². The summed E-state index contributed by atoms with van der Waals surface area (Å²) in [5.74, 6) is 1.38. The highest BCUT2D eigenvalue weighted by Gasteiger charge is 2.23. The summed E-state index contributed by atoms with van der Waals surface area (Å²) in [6.45, 7) is 2.81. The zero-order chi connectivity index (χ0) is 20.8. The molecule has 3 aromatic rings. The van der Waals surface area contributed by atoms with Crippen molar-refractivity contribution in [1.82, 2.24) is 0 Å². The minimum atomic E-state index is 0.632. The fraction of sp³-hybridized carbons (Fsp3) is 0.310. The molecule has 1 aliphatic rings. The van der Waals surface area contributed by atoms with Crippen molar-refractivity contribution >= 4 is 0 Å².